The number of nitrogens with two attached hydrogens (primary N) is 1. The van der Waals surface area contributed by atoms with E-state index in [1.807, 2.05) is 51.1 Å². The molecule has 3 rings (SSSR count). The molecule has 1 amide bonds. The maximum Gasteiger partial charge on any atom is 0.309 e. The predicted molar refractivity (Wildman–Crippen MR) is 112 cm³/mol. The van der Waals surface area contributed by atoms with E-state index in [2.05, 4.69) is 16.5 Å². The van der Waals surface area contributed by atoms with Crippen LogP contribution in [-0.4, -0.2) is 27.3 Å². The molecule has 0 spiro atoms. The highest BCUT2D eigenvalue weighted by Crippen LogP contribution is 2.38. The molecular weight excluding hydrogens is 382 g/mol. The van der Waals surface area contributed by atoms with Crippen LogP contribution in [0.5, 0.6) is 0 Å². The zero-order chi connectivity index (χ0) is 21.9. The number of para-hydroxylation sites is 1. The molecule has 1 heterocycles. The molecule has 8 nitrogen and oxygen atoms in total. The average Bonchev–Trinajstić information content (AvgIpc) is 3.11. The summed E-state index contributed by atoms with van der Waals surface area (Å²) >= 11 is 0. The highest BCUT2D eigenvalue weighted by molar-refractivity contribution is 5.98. The van der Waals surface area contributed by atoms with Gasteiger partial charge in [0, 0.05) is 11.9 Å². The number of amides is 1. The Morgan fingerprint density at radius 1 is 1.27 bits per heavy atom. The lowest BCUT2D eigenvalue weighted by Crippen LogP contribution is -2.35. The van der Waals surface area contributed by atoms with E-state index in [1.165, 1.54) is 0 Å². The van der Waals surface area contributed by atoms with Crippen LogP contribution in [0.4, 0.5) is 11.5 Å². The standard InChI is InChI=1S/C22H27N5O3/c1-22(2,3)30-21(29)14-9-10-15(12-23)18(11-14)27-13-17(19(24)28)20(26-27)25-16-7-5-4-6-8-16/h4-8,13-15,18H,9-11H2,1-3H3,(H2,24,28)(H,25,26)/t14?,15-,18-/m1/s1. The molecule has 1 aromatic carbocycles. The van der Waals surface area contributed by atoms with Crippen molar-refractivity contribution in [2.75, 3.05) is 5.32 Å². The van der Waals surface area contributed by atoms with Gasteiger partial charge < -0.3 is 15.8 Å². The zero-order valence-electron chi connectivity index (χ0n) is 17.5. The van der Waals surface area contributed by atoms with Crippen LogP contribution in [0.15, 0.2) is 36.5 Å². The SMILES string of the molecule is CC(C)(C)OC(=O)C1CC[C@H](C#N)[C@H](n2cc(C(N)=O)c(Nc3ccccc3)n2)C1. The van der Waals surface area contributed by atoms with Crippen LogP contribution in [0.25, 0.3) is 0 Å². The number of nitrogens with zero attached hydrogens (tertiary/aromatic N) is 3. The lowest BCUT2D eigenvalue weighted by atomic mass is 9.79. The smallest absolute Gasteiger partial charge is 0.309 e. The lowest BCUT2D eigenvalue weighted by molar-refractivity contribution is -0.161. The molecule has 8 heteroatoms. The van der Waals surface area contributed by atoms with E-state index < -0.39 is 11.5 Å². The molecule has 1 saturated carbocycles. The highest BCUT2D eigenvalue weighted by atomic mass is 16.6. The van der Waals surface area contributed by atoms with Gasteiger partial charge in [-0.2, -0.15) is 10.4 Å². The van der Waals surface area contributed by atoms with E-state index in [-0.39, 0.29) is 29.4 Å². The number of anilines is 2. The molecule has 1 aliphatic carbocycles. The number of carbonyl (C=O) groups is 2. The molecule has 1 aliphatic rings. The minimum atomic E-state index is -0.618. The first-order valence-corrected chi connectivity index (χ1v) is 10.0. The maximum absolute atomic E-state index is 12.6. The van der Waals surface area contributed by atoms with Crippen LogP contribution in [0.1, 0.15) is 56.4 Å². The second-order valence-corrected chi connectivity index (χ2v) is 8.57. The molecule has 0 bridgehead atoms. The molecule has 0 radical (unpaired) electrons. The second-order valence-electron chi connectivity index (χ2n) is 8.57. The van der Waals surface area contributed by atoms with Gasteiger partial charge in [0.1, 0.15) is 11.2 Å². The van der Waals surface area contributed by atoms with E-state index in [4.69, 9.17) is 10.5 Å². The Morgan fingerprint density at radius 3 is 2.57 bits per heavy atom. The summed E-state index contributed by atoms with van der Waals surface area (Å²) in [6.07, 6.45) is 3.11. The number of benzene rings is 1. The minimum Gasteiger partial charge on any atom is -0.460 e. The van der Waals surface area contributed by atoms with Gasteiger partial charge in [-0.1, -0.05) is 18.2 Å². The van der Waals surface area contributed by atoms with E-state index in [1.54, 1.807) is 10.9 Å². The molecule has 158 valence electrons. The molecule has 0 aliphatic heterocycles. The van der Waals surface area contributed by atoms with Gasteiger partial charge in [0.05, 0.1) is 23.9 Å². The van der Waals surface area contributed by atoms with Crippen molar-refractivity contribution in [3.05, 3.63) is 42.1 Å². The Hall–Kier alpha value is -3.34. The molecule has 1 unspecified atom stereocenters. The number of carbonyl (C=O) groups excluding carboxylic acids is 2. The Kier molecular flexibility index (Phi) is 6.11. The highest BCUT2D eigenvalue weighted by Gasteiger charge is 2.38. The molecule has 30 heavy (non-hydrogen) atoms. The summed E-state index contributed by atoms with van der Waals surface area (Å²) in [5.74, 6) is -1.22. The van der Waals surface area contributed by atoms with E-state index in [0.29, 0.717) is 25.1 Å². The normalized spacial score (nSPS) is 21.5. The Morgan fingerprint density at radius 2 is 1.97 bits per heavy atom. The molecule has 0 saturated heterocycles. The number of esters is 1. The number of primary amides is 1. The largest absolute Gasteiger partial charge is 0.460 e. The fourth-order valence-electron chi connectivity index (χ4n) is 3.68. The van der Waals surface area contributed by atoms with Gasteiger partial charge >= 0.3 is 5.97 Å². The maximum atomic E-state index is 12.6. The van der Waals surface area contributed by atoms with Gasteiger partial charge in [-0.25, -0.2) is 0 Å². The third-order valence-electron chi connectivity index (χ3n) is 5.10. The first-order valence-electron chi connectivity index (χ1n) is 10.0. The third kappa shape index (κ3) is 4.98. The van der Waals surface area contributed by atoms with Crippen molar-refractivity contribution in [3.63, 3.8) is 0 Å². The van der Waals surface area contributed by atoms with Crippen molar-refractivity contribution in [1.82, 2.24) is 9.78 Å². The molecule has 2 aromatic rings. The Labute approximate surface area is 176 Å². The summed E-state index contributed by atoms with van der Waals surface area (Å²) in [7, 11) is 0. The summed E-state index contributed by atoms with van der Waals surface area (Å²) in [4.78, 5) is 24.6. The molecule has 3 atom stereocenters. The predicted octanol–water partition coefficient (Wildman–Crippen LogP) is 3.55. The number of aromatic nitrogens is 2. The van der Waals surface area contributed by atoms with Crippen molar-refractivity contribution >= 4 is 23.4 Å². The summed E-state index contributed by atoms with van der Waals surface area (Å²) in [6.45, 7) is 5.49. The van der Waals surface area contributed by atoms with Gasteiger partial charge in [0.15, 0.2) is 5.82 Å². The third-order valence-corrected chi connectivity index (χ3v) is 5.10. The fourth-order valence-corrected chi connectivity index (χ4v) is 3.68. The van der Waals surface area contributed by atoms with Crippen molar-refractivity contribution in [2.24, 2.45) is 17.6 Å². The van der Waals surface area contributed by atoms with Gasteiger partial charge in [-0.15, -0.1) is 0 Å². The van der Waals surface area contributed by atoms with E-state index >= 15 is 0 Å². The summed E-state index contributed by atoms with van der Waals surface area (Å²) in [5, 5.41) is 17.3. The Balaban J connectivity index is 1.88. The Bertz CT molecular complexity index is 955. The minimum absolute atomic E-state index is 0.231. The van der Waals surface area contributed by atoms with Gasteiger partial charge in [-0.3, -0.25) is 14.3 Å². The van der Waals surface area contributed by atoms with Gasteiger partial charge in [0.2, 0.25) is 0 Å². The number of nitriles is 1. The number of rotatable bonds is 5. The summed E-state index contributed by atoms with van der Waals surface area (Å²) in [6, 6.07) is 11.3. The van der Waals surface area contributed by atoms with Crippen LogP contribution < -0.4 is 11.1 Å². The lowest BCUT2D eigenvalue weighted by Gasteiger charge is -2.33. The van der Waals surface area contributed by atoms with Crippen LogP contribution in [0.2, 0.25) is 0 Å². The van der Waals surface area contributed by atoms with E-state index in [0.717, 1.165) is 5.69 Å². The molecule has 3 N–H and O–H groups in total. The molecule has 1 aromatic heterocycles. The van der Waals surface area contributed by atoms with Crippen molar-refractivity contribution in [3.8, 4) is 6.07 Å². The van der Waals surface area contributed by atoms with Crippen molar-refractivity contribution in [1.29, 1.82) is 5.26 Å². The first kappa shape index (κ1) is 21.4. The molecular formula is C22H27N5O3. The first-order chi connectivity index (χ1) is 14.2. The van der Waals surface area contributed by atoms with Gasteiger partial charge in [-0.05, 0) is 52.2 Å². The fraction of sp³-hybridized carbons (Fsp3) is 0.455. The summed E-state index contributed by atoms with van der Waals surface area (Å²) in [5.41, 5.74) is 5.97. The number of hydrogen-bond donors (Lipinski definition) is 2. The van der Waals surface area contributed by atoms with Crippen LogP contribution in [-0.2, 0) is 9.53 Å². The second kappa shape index (κ2) is 8.57. The number of ether oxygens (including phenoxy) is 1. The topological polar surface area (TPSA) is 123 Å². The van der Waals surface area contributed by atoms with Crippen LogP contribution >= 0.6 is 0 Å². The number of hydrogen-bond acceptors (Lipinski definition) is 6. The molecule has 1 fully saturated rings. The quantitative estimate of drug-likeness (QED) is 0.728. The zero-order valence-corrected chi connectivity index (χ0v) is 17.5. The van der Waals surface area contributed by atoms with Crippen molar-refractivity contribution in [2.45, 2.75) is 51.7 Å². The summed E-state index contributed by atoms with van der Waals surface area (Å²) < 4.78 is 7.13. The number of nitrogens with one attached hydrogen (secondary N) is 1. The van der Waals surface area contributed by atoms with Gasteiger partial charge in [0.25, 0.3) is 5.91 Å². The van der Waals surface area contributed by atoms with Crippen LogP contribution in [0, 0.1) is 23.2 Å². The van der Waals surface area contributed by atoms with E-state index in [9.17, 15) is 14.9 Å². The van der Waals surface area contributed by atoms with Crippen LogP contribution in [0.3, 0.4) is 0 Å². The average molecular weight is 409 g/mol. The monoisotopic (exact) mass is 409 g/mol. The van der Waals surface area contributed by atoms with Crippen molar-refractivity contribution < 1.29 is 14.3 Å².